The standard InChI is InChI=1S/C31H38ClN3O4S/c1-6-7-16-33-31(37)25(5)34(20-26-10-12-27(32)13-11-26)30(36)21-35(28-18-23(3)17-24(4)19-28)40(38,39)29-14-8-22(2)9-15-29/h8-15,17-19,25H,6-7,16,20-21H2,1-5H3,(H,33,37)/t25-/m0/s1. The van der Waals surface area contributed by atoms with Gasteiger partial charge in [0.15, 0.2) is 0 Å². The summed E-state index contributed by atoms with van der Waals surface area (Å²) in [6, 6.07) is 18.1. The van der Waals surface area contributed by atoms with E-state index in [4.69, 9.17) is 11.6 Å². The average Bonchev–Trinajstić information content (AvgIpc) is 2.90. The number of anilines is 1. The zero-order valence-electron chi connectivity index (χ0n) is 23.8. The van der Waals surface area contributed by atoms with Crippen LogP contribution in [0.25, 0.3) is 0 Å². The Hall–Kier alpha value is -3.36. The number of rotatable bonds is 12. The molecule has 3 aromatic carbocycles. The predicted octanol–water partition coefficient (Wildman–Crippen LogP) is 5.79. The third-order valence-electron chi connectivity index (χ3n) is 6.65. The van der Waals surface area contributed by atoms with Crippen LogP contribution in [-0.2, 0) is 26.2 Å². The molecule has 0 heterocycles. The highest BCUT2D eigenvalue weighted by atomic mass is 35.5. The van der Waals surface area contributed by atoms with Crippen LogP contribution in [0.1, 0.15) is 48.9 Å². The molecule has 0 spiro atoms. The number of sulfonamides is 1. The molecule has 0 radical (unpaired) electrons. The number of carbonyl (C=O) groups is 2. The third-order valence-corrected chi connectivity index (χ3v) is 8.69. The number of benzene rings is 3. The molecule has 0 aliphatic heterocycles. The van der Waals surface area contributed by atoms with Gasteiger partial charge in [0.1, 0.15) is 12.6 Å². The number of carbonyl (C=O) groups excluding carboxylic acids is 2. The van der Waals surface area contributed by atoms with Crippen LogP contribution in [0.5, 0.6) is 0 Å². The van der Waals surface area contributed by atoms with E-state index in [0.717, 1.165) is 39.4 Å². The van der Waals surface area contributed by atoms with Gasteiger partial charge in [0.25, 0.3) is 10.0 Å². The van der Waals surface area contributed by atoms with Crippen LogP contribution in [0.4, 0.5) is 5.69 Å². The Morgan fingerprint density at radius 3 is 2.08 bits per heavy atom. The first-order valence-electron chi connectivity index (χ1n) is 13.4. The molecule has 0 aromatic heterocycles. The molecule has 0 saturated heterocycles. The number of hydrogen-bond donors (Lipinski definition) is 1. The van der Waals surface area contributed by atoms with Crippen molar-refractivity contribution in [1.82, 2.24) is 10.2 Å². The molecule has 9 heteroatoms. The lowest BCUT2D eigenvalue weighted by molar-refractivity contribution is -0.139. The lowest BCUT2D eigenvalue weighted by atomic mass is 10.1. The molecule has 214 valence electrons. The van der Waals surface area contributed by atoms with Crippen molar-refractivity contribution < 1.29 is 18.0 Å². The van der Waals surface area contributed by atoms with Gasteiger partial charge in [-0.15, -0.1) is 0 Å². The molecule has 0 aliphatic carbocycles. The largest absolute Gasteiger partial charge is 0.354 e. The SMILES string of the molecule is CCCCNC(=O)[C@H](C)N(Cc1ccc(Cl)cc1)C(=O)CN(c1cc(C)cc(C)c1)S(=O)(=O)c1ccc(C)cc1. The molecule has 40 heavy (non-hydrogen) atoms. The first-order valence-corrected chi connectivity index (χ1v) is 15.2. The molecule has 0 fully saturated rings. The van der Waals surface area contributed by atoms with Crippen molar-refractivity contribution in [2.45, 2.75) is 64.9 Å². The summed E-state index contributed by atoms with van der Waals surface area (Å²) in [5.41, 5.74) is 3.81. The Morgan fingerprint density at radius 1 is 0.900 bits per heavy atom. The van der Waals surface area contributed by atoms with Crippen LogP contribution in [0, 0.1) is 20.8 Å². The smallest absolute Gasteiger partial charge is 0.264 e. The molecular weight excluding hydrogens is 546 g/mol. The zero-order valence-corrected chi connectivity index (χ0v) is 25.3. The number of nitrogens with one attached hydrogen (secondary N) is 1. The topological polar surface area (TPSA) is 86.8 Å². The maximum absolute atomic E-state index is 14.0. The van der Waals surface area contributed by atoms with Crippen molar-refractivity contribution in [3.63, 3.8) is 0 Å². The van der Waals surface area contributed by atoms with Crippen molar-refractivity contribution in [3.8, 4) is 0 Å². The van der Waals surface area contributed by atoms with Crippen molar-refractivity contribution in [2.24, 2.45) is 0 Å². The fourth-order valence-corrected chi connectivity index (χ4v) is 5.89. The monoisotopic (exact) mass is 583 g/mol. The quantitative estimate of drug-likeness (QED) is 0.273. The number of halogens is 1. The highest BCUT2D eigenvalue weighted by Crippen LogP contribution is 2.27. The first kappa shape index (κ1) is 31.2. The molecule has 1 atom stereocenters. The van der Waals surface area contributed by atoms with Gasteiger partial charge >= 0.3 is 0 Å². The van der Waals surface area contributed by atoms with Gasteiger partial charge in [-0.2, -0.15) is 0 Å². The minimum Gasteiger partial charge on any atom is -0.354 e. The Labute approximate surface area is 243 Å². The fourth-order valence-electron chi connectivity index (χ4n) is 4.37. The summed E-state index contributed by atoms with van der Waals surface area (Å²) < 4.78 is 29.1. The Morgan fingerprint density at radius 2 is 1.50 bits per heavy atom. The maximum atomic E-state index is 14.0. The van der Waals surface area contributed by atoms with Gasteiger partial charge in [0.2, 0.25) is 11.8 Å². The van der Waals surface area contributed by atoms with E-state index in [1.54, 1.807) is 67.6 Å². The summed E-state index contributed by atoms with van der Waals surface area (Å²) in [7, 11) is -4.11. The number of unbranched alkanes of at least 4 members (excludes halogenated alkanes) is 1. The number of amides is 2. The molecule has 0 aliphatic rings. The second kappa shape index (κ2) is 13.8. The molecule has 0 unspecified atom stereocenters. The van der Waals surface area contributed by atoms with Gasteiger partial charge in [-0.3, -0.25) is 13.9 Å². The van der Waals surface area contributed by atoms with Crippen LogP contribution in [0.2, 0.25) is 5.02 Å². The van der Waals surface area contributed by atoms with E-state index in [0.29, 0.717) is 17.3 Å². The van der Waals surface area contributed by atoms with E-state index in [1.807, 2.05) is 33.8 Å². The predicted molar refractivity (Wildman–Crippen MR) is 161 cm³/mol. The Bertz CT molecular complexity index is 1400. The van der Waals surface area contributed by atoms with Crippen LogP contribution in [0.3, 0.4) is 0 Å². The molecular formula is C31H38ClN3O4S. The van der Waals surface area contributed by atoms with Crippen molar-refractivity contribution in [2.75, 3.05) is 17.4 Å². The van der Waals surface area contributed by atoms with Crippen molar-refractivity contribution in [3.05, 3.63) is 94.0 Å². The Balaban J connectivity index is 2.03. The van der Waals surface area contributed by atoms with Gasteiger partial charge < -0.3 is 10.2 Å². The van der Waals surface area contributed by atoms with Gasteiger partial charge in [0.05, 0.1) is 10.6 Å². The summed E-state index contributed by atoms with van der Waals surface area (Å²) in [6.45, 7) is 9.47. The van der Waals surface area contributed by atoms with E-state index < -0.39 is 28.5 Å². The van der Waals surface area contributed by atoms with Gasteiger partial charge in [-0.1, -0.05) is 60.8 Å². The van der Waals surface area contributed by atoms with Crippen LogP contribution in [-0.4, -0.2) is 44.3 Å². The summed E-state index contributed by atoms with van der Waals surface area (Å²) in [4.78, 5) is 28.5. The number of nitrogens with zero attached hydrogens (tertiary/aromatic N) is 2. The first-order chi connectivity index (χ1) is 18.9. The molecule has 1 N–H and O–H groups in total. The van der Waals surface area contributed by atoms with E-state index in [-0.39, 0.29) is 17.3 Å². The number of aryl methyl sites for hydroxylation is 3. The molecule has 0 bridgehead atoms. The molecule has 0 saturated carbocycles. The molecule has 3 aromatic rings. The van der Waals surface area contributed by atoms with Gasteiger partial charge in [-0.25, -0.2) is 8.42 Å². The normalized spacial score (nSPS) is 12.1. The molecule has 7 nitrogen and oxygen atoms in total. The van der Waals surface area contributed by atoms with Crippen molar-refractivity contribution in [1.29, 1.82) is 0 Å². The molecule has 3 rings (SSSR count). The minimum atomic E-state index is -4.11. The van der Waals surface area contributed by atoms with E-state index in [9.17, 15) is 18.0 Å². The molecule has 2 amide bonds. The maximum Gasteiger partial charge on any atom is 0.264 e. The van der Waals surface area contributed by atoms with E-state index in [1.165, 1.54) is 4.90 Å². The lowest BCUT2D eigenvalue weighted by Gasteiger charge is -2.32. The summed E-state index contributed by atoms with van der Waals surface area (Å²) in [6.07, 6.45) is 1.74. The summed E-state index contributed by atoms with van der Waals surface area (Å²) in [5.74, 6) is -0.793. The highest BCUT2D eigenvalue weighted by molar-refractivity contribution is 7.92. The minimum absolute atomic E-state index is 0.0830. The van der Waals surface area contributed by atoms with Crippen molar-refractivity contribution >= 4 is 39.1 Å². The highest BCUT2D eigenvalue weighted by Gasteiger charge is 2.32. The van der Waals surface area contributed by atoms with Gasteiger partial charge in [-0.05, 0) is 87.2 Å². The van der Waals surface area contributed by atoms with Crippen LogP contribution in [0.15, 0.2) is 71.6 Å². The van der Waals surface area contributed by atoms with E-state index >= 15 is 0 Å². The second-order valence-electron chi connectivity index (χ2n) is 10.1. The fraction of sp³-hybridized carbons (Fsp3) is 0.355. The third kappa shape index (κ3) is 8.08. The summed E-state index contributed by atoms with van der Waals surface area (Å²) >= 11 is 6.06. The van der Waals surface area contributed by atoms with Crippen LogP contribution < -0.4 is 9.62 Å². The lowest BCUT2D eigenvalue weighted by Crippen LogP contribution is -2.51. The zero-order chi connectivity index (χ0) is 29.4. The Kier molecular flexibility index (Phi) is 10.8. The van der Waals surface area contributed by atoms with Crippen LogP contribution >= 0.6 is 11.6 Å². The average molecular weight is 584 g/mol. The van der Waals surface area contributed by atoms with Gasteiger partial charge in [0, 0.05) is 18.1 Å². The summed E-state index contributed by atoms with van der Waals surface area (Å²) in [5, 5.41) is 3.44. The second-order valence-corrected chi connectivity index (χ2v) is 12.4. The number of hydrogen-bond acceptors (Lipinski definition) is 4. The van der Waals surface area contributed by atoms with E-state index in [2.05, 4.69) is 5.32 Å².